The molecule has 146 valence electrons. The number of rotatable bonds is 5. The molecule has 0 saturated carbocycles. The molecule has 3 aromatic carbocycles. The van der Waals surface area contributed by atoms with Gasteiger partial charge in [-0.3, -0.25) is 4.79 Å². The first-order valence-electron chi connectivity index (χ1n) is 9.51. The fraction of sp³-hybridized carbons (Fsp3) is 0.167. The van der Waals surface area contributed by atoms with E-state index in [9.17, 15) is 4.79 Å². The Kier molecular flexibility index (Phi) is 5.32. The highest BCUT2D eigenvalue weighted by Crippen LogP contribution is 2.30. The van der Waals surface area contributed by atoms with Crippen molar-refractivity contribution in [3.8, 4) is 16.3 Å². The third-order valence-electron chi connectivity index (χ3n) is 4.92. The minimum atomic E-state index is -0.598. The highest BCUT2D eigenvalue weighted by molar-refractivity contribution is 7.21. The van der Waals surface area contributed by atoms with Crippen LogP contribution in [0.4, 0.5) is 5.69 Å². The fourth-order valence-corrected chi connectivity index (χ4v) is 4.00. The Morgan fingerprint density at radius 1 is 1.00 bits per heavy atom. The molecule has 0 fully saturated rings. The molecule has 1 N–H and O–H groups in total. The lowest BCUT2D eigenvalue weighted by molar-refractivity contribution is -0.122. The van der Waals surface area contributed by atoms with Crippen molar-refractivity contribution in [2.75, 3.05) is 5.32 Å². The molecule has 1 atom stereocenters. The third kappa shape index (κ3) is 4.15. The van der Waals surface area contributed by atoms with Gasteiger partial charge in [-0.1, -0.05) is 24.3 Å². The van der Waals surface area contributed by atoms with Gasteiger partial charge in [-0.05, 0) is 74.4 Å². The Bertz CT molecular complexity index is 1130. The van der Waals surface area contributed by atoms with Crippen LogP contribution in [0.3, 0.4) is 0 Å². The summed E-state index contributed by atoms with van der Waals surface area (Å²) in [5, 5.41) is 3.89. The maximum atomic E-state index is 12.5. The van der Waals surface area contributed by atoms with Crippen molar-refractivity contribution in [1.82, 2.24) is 4.98 Å². The minimum absolute atomic E-state index is 0.182. The predicted molar refractivity (Wildman–Crippen MR) is 120 cm³/mol. The van der Waals surface area contributed by atoms with Crippen LogP contribution in [0.5, 0.6) is 5.75 Å². The standard InChI is InChI=1S/C24H22N2O2S/c1-15-7-6-9-21(16(15)2)28-17(3)23(27)25-19-13-11-18(12-14-19)24-26-20-8-4-5-10-22(20)29-24/h4-14,17H,1-3H3,(H,25,27)/t17-/m0/s1. The lowest BCUT2D eigenvalue weighted by Gasteiger charge is -2.17. The van der Waals surface area contributed by atoms with Gasteiger partial charge in [0.05, 0.1) is 10.2 Å². The molecule has 0 aliphatic heterocycles. The molecule has 4 rings (SSSR count). The Morgan fingerprint density at radius 3 is 2.52 bits per heavy atom. The lowest BCUT2D eigenvalue weighted by Crippen LogP contribution is -2.30. The Morgan fingerprint density at radius 2 is 1.76 bits per heavy atom. The van der Waals surface area contributed by atoms with Crippen molar-refractivity contribution < 1.29 is 9.53 Å². The van der Waals surface area contributed by atoms with E-state index in [1.165, 1.54) is 0 Å². The lowest BCUT2D eigenvalue weighted by atomic mass is 10.1. The topological polar surface area (TPSA) is 51.2 Å². The number of nitrogens with zero attached hydrogens (tertiary/aromatic N) is 1. The number of hydrogen-bond acceptors (Lipinski definition) is 4. The number of fused-ring (bicyclic) bond motifs is 1. The third-order valence-corrected chi connectivity index (χ3v) is 6.01. The number of aryl methyl sites for hydroxylation is 1. The second-order valence-corrected chi connectivity index (χ2v) is 8.04. The maximum absolute atomic E-state index is 12.5. The van der Waals surface area contributed by atoms with E-state index in [1.54, 1.807) is 18.3 Å². The number of amides is 1. The zero-order valence-electron chi connectivity index (χ0n) is 16.6. The molecule has 1 heterocycles. The van der Waals surface area contributed by atoms with Crippen LogP contribution in [0.15, 0.2) is 66.7 Å². The van der Waals surface area contributed by atoms with Gasteiger partial charge < -0.3 is 10.1 Å². The van der Waals surface area contributed by atoms with Gasteiger partial charge in [0.15, 0.2) is 6.10 Å². The SMILES string of the molecule is Cc1cccc(O[C@@H](C)C(=O)Nc2ccc(-c3nc4ccccc4s3)cc2)c1C. The summed E-state index contributed by atoms with van der Waals surface area (Å²) in [6.45, 7) is 5.78. The largest absolute Gasteiger partial charge is 0.481 e. The first-order valence-corrected chi connectivity index (χ1v) is 10.3. The number of carbonyl (C=O) groups is 1. The Hall–Kier alpha value is -3.18. The van der Waals surface area contributed by atoms with Crippen LogP contribution in [0.1, 0.15) is 18.1 Å². The van der Waals surface area contributed by atoms with Crippen molar-refractivity contribution in [2.24, 2.45) is 0 Å². The molecule has 0 saturated heterocycles. The molecule has 5 heteroatoms. The van der Waals surface area contributed by atoms with Gasteiger partial charge in [0.25, 0.3) is 5.91 Å². The highest BCUT2D eigenvalue weighted by Gasteiger charge is 2.16. The number of aromatic nitrogens is 1. The van der Waals surface area contributed by atoms with Crippen molar-refractivity contribution in [1.29, 1.82) is 0 Å². The highest BCUT2D eigenvalue weighted by atomic mass is 32.1. The first kappa shape index (κ1) is 19.2. The van der Waals surface area contributed by atoms with Crippen molar-refractivity contribution in [3.05, 3.63) is 77.9 Å². The van der Waals surface area contributed by atoms with Crippen LogP contribution in [-0.2, 0) is 4.79 Å². The molecule has 4 nitrogen and oxygen atoms in total. The zero-order valence-corrected chi connectivity index (χ0v) is 17.4. The molecule has 4 aromatic rings. The number of para-hydroxylation sites is 1. The minimum Gasteiger partial charge on any atom is -0.481 e. The second kappa shape index (κ2) is 8.05. The van der Waals surface area contributed by atoms with Crippen molar-refractivity contribution >= 4 is 33.1 Å². The van der Waals surface area contributed by atoms with Crippen LogP contribution < -0.4 is 10.1 Å². The van der Waals surface area contributed by atoms with Crippen LogP contribution >= 0.6 is 11.3 Å². The van der Waals surface area contributed by atoms with Gasteiger partial charge in [0.1, 0.15) is 10.8 Å². The summed E-state index contributed by atoms with van der Waals surface area (Å²) in [5.74, 6) is 0.553. The number of anilines is 1. The summed E-state index contributed by atoms with van der Waals surface area (Å²) in [6, 6.07) is 21.7. The van der Waals surface area contributed by atoms with Gasteiger partial charge in [-0.2, -0.15) is 0 Å². The van der Waals surface area contributed by atoms with Gasteiger partial charge in [0, 0.05) is 11.3 Å². The van der Waals surface area contributed by atoms with Crippen molar-refractivity contribution in [3.63, 3.8) is 0 Å². The summed E-state index contributed by atoms with van der Waals surface area (Å²) in [6.07, 6.45) is -0.598. The molecule has 1 aromatic heterocycles. The van der Waals surface area contributed by atoms with Gasteiger partial charge >= 0.3 is 0 Å². The average molecular weight is 403 g/mol. The second-order valence-electron chi connectivity index (χ2n) is 7.01. The number of ether oxygens (including phenoxy) is 1. The van der Waals surface area contributed by atoms with E-state index in [-0.39, 0.29) is 5.91 Å². The van der Waals surface area contributed by atoms with Crippen LogP contribution in [-0.4, -0.2) is 17.0 Å². The quantitative estimate of drug-likeness (QED) is 0.446. The van der Waals surface area contributed by atoms with Gasteiger partial charge in [0.2, 0.25) is 0 Å². The molecule has 0 aliphatic rings. The van der Waals surface area contributed by atoms with Crippen LogP contribution in [0, 0.1) is 13.8 Å². The number of thiazole rings is 1. The van der Waals surface area contributed by atoms with E-state index < -0.39 is 6.10 Å². The van der Waals surface area contributed by atoms with E-state index in [2.05, 4.69) is 16.4 Å². The summed E-state index contributed by atoms with van der Waals surface area (Å²) < 4.78 is 7.03. The summed E-state index contributed by atoms with van der Waals surface area (Å²) in [7, 11) is 0. The van der Waals surface area contributed by atoms with Crippen LogP contribution in [0.2, 0.25) is 0 Å². The molecule has 0 spiro atoms. The molecule has 0 bridgehead atoms. The molecule has 29 heavy (non-hydrogen) atoms. The van der Waals surface area contributed by atoms with E-state index >= 15 is 0 Å². The maximum Gasteiger partial charge on any atom is 0.265 e. The Balaban J connectivity index is 1.44. The molecule has 0 aliphatic carbocycles. The van der Waals surface area contributed by atoms with Gasteiger partial charge in [-0.15, -0.1) is 11.3 Å². The fourth-order valence-electron chi connectivity index (χ4n) is 3.03. The van der Waals surface area contributed by atoms with Crippen molar-refractivity contribution in [2.45, 2.75) is 26.9 Å². The summed E-state index contributed by atoms with van der Waals surface area (Å²) in [5.41, 5.74) is 4.95. The van der Waals surface area contributed by atoms with Gasteiger partial charge in [-0.25, -0.2) is 4.98 Å². The monoisotopic (exact) mass is 402 g/mol. The first-order chi connectivity index (χ1) is 14.0. The van der Waals surface area contributed by atoms with Crippen LogP contribution in [0.25, 0.3) is 20.8 Å². The average Bonchev–Trinajstić information content (AvgIpc) is 3.16. The molecule has 1 amide bonds. The number of nitrogens with one attached hydrogen (secondary N) is 1. The number of carbonyl (C=O) groups excluding carboxylic acids is 1. The zero-order chi connectivity index (χ0) is 20.4. The summed E-state index contributed by atoms with van der Waals surface area (Å²) >= 11 is 1.66. The molecular weight excluding hydrogens is 380 g/mol. The number of benzene rings is 3. The van der Waals surface area contributed by atoms with E-state index in [0.29, 0.717) is 0 Å². The predicted octanol–water partition coefficient (Wildman–Crippen LogP) is 5.99. The number of hydrogen-bond donors (Lipinski definition) is 1. The van der Waals surface area contributed by atoms with E-state index in [4.69, 9.17) is 4.74 Å². The molecular formula is C24H22N2O2S. The summed E-state index contributed by atoms with van der Waals surface area (Å²) in [4.78, 5) is 17.2. The smallest absolute Gasteiger partial charge is 0.265 e. The molecule has 0 unspecified atom stereocenters. The normalized spacial score (nSPS) is 12.0. The molecule has 0 radical (unpaired) electrons. The van der Waals surface area contributed by atoms with E-state index in [1.807, 2.05) is 74.5 Å². The van der Waals surface area contributed by atoms with E-state index in [0.717, 1.165) is 43.4 Å². The Labute approximate surface area is 174 Å².